The SMILES string of the molecule is C=C1NC(=O)N[C@H](c2ccc(O)c(OCC)c2)[C@H]1C(=O)Nc1ccc(C)c(Cl)c1. The number of rotatable bonds is 5. The van der Waals surface area contributed by atoms with Gasteiger partial charge < -0.3 is 25.8 Å². The Morgan fingerprint density at radius 1 is 1.31 bits per heavy atom. The molecule has 1 heterocycles. The van der Waals surface area contributed by atoms with Crippen molar-refractivity contribution >= 4 is 29.2 Å². The van der Waals surface area contributed by atoms with Crippen molar-refractivity contribution in [1.29, 1.82) is 0 Å². The molecule has 3 amide bonds. The van der Waals surface area contributed by atoms with Crippen molar-refractivity contribution in [2.45, 2.75) is 19.9 Å². The molecular weight excluding hydrogens is 394 g/mol. The number of aryl methyl sites for hydroxylation is 1. The number of hydrogen-bond acceptors (Lipinski definition) is 4. The molecule has 152 valence electrons. The minimum atomic E-state index is -0.799. The molecule has 7 nitrogen and oxygen atoms in total. The Balaban J connectivity index is 1.92. The molecule has 2 aromatic carbocycles. The monoisotopic (exact) mass is 415 g/mol. The summed E-state index contributed by atoms with van der Waals surface area (Å²) in [6.07, 6.45) is 0. The van der Waals surface area contributed by atoms with Crippen LogP contribution in [0.5, 0.6) is 11.5 Å². The van der Waals surface area contributed by atoms with Crippen LogP contribution in [0.1, 0.15) is 24.1 Å². The summed E-state index contributed by atoms with van der Waals surface area (Å²) in [4.78, 5) is 25.1. The molecule has 0 saturated carbocycles. The number of phenolic OH excluding ortho intramolecular Hbond substituents is 1. The third-order valence-electron chi connectivity index (χ3n) is 4.63. The topological polar surface area (TPSA) is 99.7 Å². The van der Waals surface area contributed by atoms with Crippen LogP contribution >= 0.6 is 11.6 Å². The number of urea groups is 1. The van der Waals surface area contributed by atoms with E-state index in [0.717, 1.165) is 5.56 Å². The lowest BCUT2D eigenvalue weighted by atomic mass is 9.88. The van der Waals surface area contributed by atoms with Crippen LogP contribution in [0.2, 0.25) is 5.02 Å². The number of halogens is 1. The lowest BCUT2D eigenvalue weighted by Gasteiger charge is -2.34. The number of amides is 3. The van der Waals surface area contributed by atoms with Gasteiger partial charge in [-0.3, -0.25) is 4.79 Å². The van der Waals surface area contributed by atoms with Crippen molar-refractivity contribution in [3.63, 3.8) is 0 Å². The number of aromatic hydroxyl groups is 1. The zero-order valence-corrected chi connectivity index (χ0v) is 16.8. The highest BCUT2D eigenvalue weighted by Gasteiger charge is 2.38. The summed E-state index contributed by atoms with van der Waals surface area (Å²) in [6, 6.07) is 8.75. The highest BCUT2D eigenvalue weighted by Crippen LogP contribution is 2.35. The maximum Gasteiger partial charge on any atom is 0.319 e. The van der Waals surface area contributed by atoms with E-state index in [1.54, 1.807) is 37.3 Å². The molecule has 0 bridgehead atoms. The van der Waals surface area contributed by atoms with Crippen LogP contribution < -0.4 is 20.7 Å². The first-order valence-corrected chi connectivity index (χ1v) is 9.47. The summed E-state index contributed by atoms with van der Waals surface area (Å²) in [6.45, 7) is 7.88. The van der Waals surface area contributed by atoms with Crippen LogP contribution in [-0.2, 0) is 4.79 Å². The van der Waals surface area contributed by atoms with Gasteiger partial charge in [0, 0.05) is 16.4 Å². The van der Waals surface area contributed by atoms with E-state index in [0.29, 0.717) is 22.9 Å². The Morgan fingerprint density at radius 2 is 2.07 bits per heavy atom. The van der Waals surface area contributed by atoms with Gasteiger partial charge in [-0.1, -0.05) is 30.3 Å². The van der Waals surface area contributed by atoms with Crippen molar-refractivity contribution in [2.24, 2.45) is 5.92 Å². The lowest BCUT2D eigenvalue weighted by molar-refractivity contribution is -0.119. The second-order valence-corrected chi connectivity index (χ2v) is 7.10. The molecule has 29 heavy (non-hydrogen) atoms. The van der Waals surface area contributed by atoms with Crippen LogP contribution in [0.4, 0.5) is 10.5 Å². The Bertz CT molecular complexity index is 976. The average Bonchev–Trinajstić information content (AvgIpc) is 2.66. The summed E-state index contributed by atoms with van der Waals surface area (Å²) < 4.78 is 5.42. The van der Waals surface area contributed by atoms with Gasteiger partial charge in [-0.15, -0.1) is 0 Å². The minimum Gasteiger partial charge on any atom is -0.504 e. The fourth-order valence-electron chi connectivity index (χ4n) is 3.16. The Hall–Kier alpha value is -3.19. The van der Waals surface area contributed by atoms with Gasteiger partial charge in [0.15, 0.2) is 11.5 Å². The number of nitrogens with one attached hydrogen (secondary N) is 3. The largest absolute Gasteiger partial charge is 0.504 e. The van der Waals surface area contributed by atoms with Crippen LogP contribution in [0.15, 0.2) is 48.7 Å². The number of phenols is 1. The molecule has 0 aliphatic carbocycles. The van der Waals surface area contributed by atoms with Crippen molar-refractivity contribution in [3.8, 4) is 11.5 Å². The fraction of sp³-hybridized carbons (Fsp3) is 0.238. The Labute approximate surface area is 173 Å². The molecule has 8 heteroatoms. The molecule has 1 fully saturated rings. The van der Waals surface area contributed by atoms with Gasteiger partial charge in [0.2, 0.25) is 5.91 Å². The summed E-state index contributed by atoms with van der Waals surface area (Å²) in [7, 11) is 0. The molecular formula is C21H22ClN3O4. The second-order valence-electron chi connectivity index (χ2n) is 6.69. The predicted molar refractivity (Wildman–Crippen MR) is 111 cm³/mol. The van der Waals surface area contributed by atoms with Crippen molar-refractivity contribution in [3.05, 3.63) is 64.8 Å². The summed E-state index contributed by atoms with van der Waals surface area (Å²) >= 11 is 6.14. The zero-order valence-electron chi connectivity index (χ0n) is 16.1. The van der Waals surface area contributed by atoms with Crippen LogP contribution in [0.25, 0.3) is 0 Å². The maximum absolute atomic E-state index is 13.1. The van der Waals surface area contributed by atoms with E-state index in [1.807, 2.05) is 6.92 Å². The first-order chi connectivity index (χ1) is 13.8. The quantitative estimate of drug-likeness (QED) is 0.595. The van der Waals surface area contributed by atoms with Gasteiger partial charge in [0.05, 0.1) is 12.6 Å². The van der Waals surface area contributed by atoms with Crippen molar-refractivity contribution < 1.29 is 19.4 Å². The molecule has 0 radical (unpaired) electrons. The van der Waals surface area contributed by atoms with Gasteiger partial charge in [-0.05, 0) is 49.2 Å². The smallest absolute Gasteiger partial charge is 0.319 e. The maximum atomic E-state index is 13.1. The molecule has 1 saturated heterocycles. The van der Waals surface area contributed by atoms with Crippen molar-refractivity contribution in [2.75, 3.05) is 11.9 Å². The van der Waals surface area contributed by atoms with Gasteiger partial charge in [-0.2, -0.15) is 0 Å². The highest BCUT2D eigenvalue weighted by atomic mass is 35.5. The first-order valence-electron chi connectivity index (χ1n) is 9.09. The van der Waals surface area contributed by atoms with Gasteiger partial charge in [0.1, 0.15) is 5.92 Å². The Kier molecular flexibility index (Phi) is 5.98. The first kappa shape index (κ1) is 20.5. The number of carbonyl (C=O) groups excluding carboxylic acids is 2. The summed E-state index contributed by atoms with van der Waals surface area (Å²) in [5, 5.41) is 18.6. The number of carbonyl (C=O) groups is 2. The second kappa shape index (κ2) is 8.45. The number of ether oxygens (including phenoxy) is 1. The molecule has 0 aromatic heterocycles. The van der Waals surface area contributed by atoms with E-state index < -0.39 is 18.0 Å². The Morgan fingerprint density at radius 3 is 2.76 bits per heavy atom. The van der Waals surface area contributed by atoms with E-state index in [9.17, 15) is 14.7 Å². The highest BCUT2D eigenvalue weighted by molar-refractivity contribution is 6.31. The van der Waals surface area contributed by atoms with E-state index in [1.165, 1.54) is 6.07 Å². The summed E-state index contributed by atoms with van der Waals surface area (Å²) in [5.41, 5.74) is 2.30. The molecule has 4 N–H and O–H groups in total. The van der Waals surface area contributed by atoms with E-state index in [4.69, 9.17) is 16.3 Å². The third kappa shape index (κ3) is 4.46. The van der Waals surface area contributed by atoms with Crippen LogP contribution in [0, 0.1) is 12.8 Å². The predicted octanol–water partition coefficient (Wildman–Crippen LogP) is 3.88. The number of anilines is 1. The number of benzene rings is 2. The van der Waals surface area contributed by atoms with Crippen LogP contribution in [0.3, 0.4) is 0 Å². The molecule has 0 spiro atoms. The zero-order chi connectivity index (χ0) is 21.1. The molecule has 3 rings (SSSR count). The summed E-state index contributed by atoms with van der Waals surface area (Å²) in [5.74, 6) is -0.914. The fourth-order valence-corrected chi connectivity index (χ4v) is 3.34. The normalized spacial score (nSPS) is 18.6. The van der Waals surface area contributed by atoms with Gasteiger partial charge >= 0.3 is 6.03 Å². The standard InChI is InChI=1S/C21H22ClN3O4/c1-4-29-17-9-13(6-8-16(17)26)19-18(12(3)23-21(28)25-19)20(27)24-14-7-5-11(2)15(22)10-14/h5-10,18-19,26H,3-4H2,1-2H3,(H,24,27)(H2,23,25,28)/t18-,19+/m0/s1. The van der Waals surface area contributed by atoms with E-state index >= 15 is 0 Å². The minimum absolute atomic E-state index is 0.0232. The van der Waals surface area contributed by atoms with E-state index in [2.05, 4.69) is 22.5 Å². The average molecular weight is 416 g/mol. The van der Waals surface area contributed by atoms with Crippen molar-refractivity contribution in [1.82, 2.24) is 10.6 Å². The third-order valence-corrected chi connectivity index (χ3v) is 5.04. The molecule has 1 aliphatic heterocycles. The number of hydrogen-bond donors (Lipinski definition) is 4. The van der Waals surface area contributed by atoms with Gasteiger partial charge in [0.25, 0.3) is 0 Å². The lowest BCUT2D eigenvalue weighted by Crippen LogP contribution is -2.51. The molecule has 1 aliphatic rings. The molecule has 2 aromatic rings. The van der Waals surface area contributed by atoms with Gasteiger partial charge in [-0.25, -0.2) is 4.79 Å². The molecule has 0 unspecified atom stereocenters. The van der Waals surface area contributed by atoms with E-state index in [-0.39, 0.29) is 23.1 Å². The molecule has 2 atom stereocenters. The van der Waals surface area contributed by atoms with Crippen LogP contribution in [-0.4, -0.2) is 23.7 Å².